The molecule has 4 N–H and O–H groups in total. The molecule has 0 fully saturated rings. The Morgan fingerprint density at radius 2 is 1.85 bits per heavy atom. The smallest absolute Gasteiger partial charge is 0.333 e. The lowest BCUT2D eigenvalue weighted by atomic mass is 9.85. The second-order valence-electron chi connectivity index (χ2n) is 4.84. The first-order chi connectivity index (χ1) is 8.43. The van der Waals surface area contributed by atoms with Gasteiger partial charge in [0.15, 0.2) is 0 Å². The Hall–Kier alpha value is -0.960. The number of carbonyl (C=O) groups excluding carboxylic acids is 1. The zero-order valence-corrected chi connectivity index (χ0v) is 13.7. The summed E-state index contributed by atoms with van der Waals surface area (Å²) in [5.74, 6) is -1.05. The SMILES string of the molecule is C=C(C)C(=O)OC(C)C(C)C(C)(CC)OS(=O)(=O)[O-].[NH4+]. The molecule has 7 nitrogen and oxygen atoms in total. The minimum absolute atomic E-state index is 0. The third kappa shape index (κ3) is 6.47. The van der Waals surface area contributed by atoms with E-state index < -0.39 is 34.0 Å². The molecule has 0 saturated heterocycles. The molecule has 0 aromatic rings. The Morgan fingerprint density at radius 3 is 2.15 bits per heavy atom. The van der Waals surface area contributed by atoms with E-state index in [1.807, 2.05) is 0 Å². The molecule has 0 radical (unpaired) electrons. The predicted molar refractivity (Wildman–Crippen MR) is 75.0 cm³/mol. The van der Waals surface area contributed by atoms with Gasteiger partial charge in [-0.05, 0) is 27.2 Å². The molecule has 0 aromatic carbocycles. The maximum Gasteiger partial charge on any atom is 0.333 e. The van der Waals surface area contributed by atoms with Crippen molar-refractivity contribution in [1.82, 2.24) is 6.15 Å². The first kappa shape index (κ1) is 21.3. The summed E-state index contributed by atoms with van der Waals surface area (Å²) >= 11 is 0. The average Bonchev–Trinajstić information content (AvgIpc) is 2.25. The van der Waals surface area contributed by atoms with Gasteiger partial charge in [-0.15, -0.1) is 0 Å². The van der Waals surface area contributed by atoms with Crippen LogP contribution in [0.3, 0.4) is 0 Å². The number of carbonyl (C=O) groups is 1. The van der Waals surface area contributed by atoms with E-state index in [1.54, 1.807) is 20.8 Å². The Labute approximate surface area is 120 Å². The van der Waals surface area contributed by atoms with Crippen LogP contribution < -0.4 is 6.15 Å². The van der Waals surface area contributed by atoms with Crippen molar-refractivity contribution in [3.63, 3.8) is 0 Å². The van der Waals surface area contributed by atoms with Crippen LogP contribution in [0.4, 0.5) is 0 Å². The Balaban J connectivity index is 0. The third-order valence-corrected chi connectivity index (χ3v) is 3.89. The molecule has 8 heteroatoms. The standard InChI is InChI=1S/C12H22O6S.H3N/c1-7-12(6,18-19(14,15)16)9(4)10(5)17-11(13)8(2)3;/h9-10H,2,7H2,1,3-6H3,(H,14,15,16);1H3. The Bertz CT molecular complexity index is 447. The van der Waals surface area contributed by atoms with Gasteiger partial charge in [0.1, 0.15) is 6.10 Å². The third-order valence-electron chi connectivity index (χ3n) is 3.30. The van der Waals surface area contributed by atoms with Gasteiger partial charge in [0, 0.05) is 11.5 Å². The van der Waals surface area contributed by atoms with E-state index in [2.05, 4.69) is 10.8 Å². The largest absolute Gasteiger partial charge is 0.726 e. The summed E-state index contributed by atoms with van der Waals surface area (Å²) in [4.78, 5) is 11.4. The molecule has 0 bridgehead atoms. The first-order valence-corrected chi connectivity index (χ1v) is 7.29. The van der Waals surface area contributed by atoms with E-state index in [0.29, 0.717) is 0 Å². The molecule has 3 atom stereocenters. The Kier molecular flexibility index (Phi) is 8.24. The van der Waals surface area contributed by atoms with Crippen molar-refractivity contribution < 1.29 is 26.7 Å². The van der Waals surface area contributed by atoms with Gasteiger partial charge < -0.3 is 15.4 Å². The number of quaternary nitrogens is 1. The number of esters is 1. The molecule has 0 spiro atoms. The quantitative estimate of drug-likeness (QED) is 0.332. The summed E-state index contributed by atoms with van der Waals surface area (Å²) in [6.07, 6.45) is -0.333. The van der Waals surface area contributed by atoms with Gasteiger partial charge in [0.2, 0.25) is 10.4 Å². The summed E-state index contributed by atoms with van der Waals surface area (Å²) in [6, 6.07) is 0. The minimum atomic E-state index is -4.83. The highest BCUT2D eigenvalue weighted by Gasteiger charge is 2.37. The van der Waals surface area contributed by atoms with Crippen molar-refractivity contribution in [2.45, 2.75) is 52.7 Å². The van der Waals surface area contributed by atoms with Gasteiger partial charge >= 0.3 is 5.97 Å². The maximum atomic E-state index is 11.4. The second kappa shape index (κ2) is 7.72. The van der Waals surface area contributed by atoms with Gasteiger partial charge in [-0.2, -0.15) is 0 Å². The van der Waals surface area contributed by atoms with Crippen LogP contribution in [-0.2, 0) is 24.1 Å². The predicted octanol–water partition coefficient (Wildman–Crippen LogP) is 2.15. The molecule has 0 heterocycles. The van der Waals surface area contributed by atoms with E-state index in [-0.39, 0.29) is 18.1 Å². The Morgan fingerprint density at radius 1 is 1.40 bits per heavy atom. The molecule has 120 valence electrons. The zero-order valence-electron chi connectivity index (χ0n) is 12.9. The van der Waals surface area contributed by atoms with Gasteiger partial charge in [0.05, 0.1) is 5.60 Å². The number of ether oxygens (including phenoxy) is 1. The lowest BCUT2D eigenvalue weighted by Crippen LogP contribution is -2.44. The van der Waals surface area contributed by atoms with Crippen molar-refractivity contribution in [2.75, 3.05) is 0 Å². The minimum Gasteiger partial charge on any atom is -0.726 e. The average molecular weight is 311 g/mol. The van der Waals surface area contributed by atoms with E-state index in [0.717, 1.165) is 0 Å². The van der Waals surface area contributed by atoms with Crippen molar-refractivity contribution in [2.24, 2.45) is 5.92 Å². The topological polar surface area (TPSA) is 129 Å². The lowest BCUT2D eigenvalue weighted by molar-refractivity contribution is -0.149. The maximum absolute atomic E-state index is 11.4. The molecule has 0 saturated carbocycles. The van der Waals surface area contributed by atoms with Gasteiger partial charge in [-0.1, -0.05) is 20.4 Å². The van der Waals surface area contributed by atoms with Crippen LogP contribution in [0.25, 0.3) is 0 Å². The molecule has 0 aromatic heterocycles. The van der Waals surface area contributed by atoms with Crippen LogP contribution in [0, 0.1) is 5.92 Å². The molecule has 0 amide bonds. The summed E-state index contributed by atoms with van der Waals surface area (Å²) in [5.41, 5.74) is -0.982. The molecule has 20 heavy (non-hydrogen) atoms. The highest BCUT2D eigenvalue weighted by Crippen LogP contribution is 2.31. The molecule has 0 rings (SSSR count). The molecular weight excluding hydrogens is 286 g/mol. The van der Waals surface area contributed by atoms with Crippen molar-refractivity contribution in [3.8, 4) is 0 Å². The second-order valence-corrected chi connectivity index (χ2v) is 5.82. The van der Waals surface area contributed by atoms with E-state index in [4.69, 9.17) is 4.74 Å². The number of hydrogen-bond acceptors (Lipinski definition) is 6. The lowest BCUT2D eigenvalue weighted by Gasteiger charge is -2.37. The molecule has 0 aliphatic rings. The number of hydrogen-bond donors (Lipinski definition) is 1. The fraction of sp³-hybridized carbons (Fsp3) is 0.750. The highest BCUT2D eigenvalue weighted by molar-refractivity contribution is 7.80. The number of rotatable bonds is 7. The molecule has 0 aliphatic heterocycles. The molecule has 3 unspecified atom stereocenters. The van der Waals surface area contributed by atoms with Crippen molar-refractivity contribution >= 4 is 16.4 Å². The summed E-state index contributed by atoms with van der Waals surface area (Å²) in [6.45, 7) is 11.4. The highest BCUT2D eigenvalue weighted by atomic mass is 32.3. The van der Waals surface area contributed by atoms with Crippen LogP contribution in [0.15, 0.2) is 12.2 Å². The van der Waals surface area contributed by atoms with Gasteiger partial charge in [-0.25, -0.2) is 13.2 Å². The fourth-order valence-corrected chi connectivity index (χ4v) is 2.29. The summed E-state index contributed by atoms with van der Waals surface area (Å²) in [5, 5.41) is 0. The molecular formula is C12H25NO6S. The molecule has 0 aliphatic carbocycles. The normalized spacial score (nSPS) is 17.3. The van der Waals surface area contributed by atoms with Crippen LogP contribution in [0.5, 0.6) is 0 Å². The van der Waals surface area contributed by atoms with Crippen molar-refractivity contribution in [1.29, 1.82) is 0 Å². The van der Waals surface area contributed by atoms with Crippen LogP contribution >= 0.6 is 0 Å². The van der Waals surface area contributed by atoms with Gasteiger partial charge in [0.25, 0.3) is 0 Å². The zero-order chi connectivity index (χ0) is 15.4. The summed E-state index contributed by atoms with van der Waals surface area (Å²) in [7, 11) is -4.83. The van der Waals surface area contributed by atoms with Crippen LogP contribution in [-0.4, -0.2) is 30.6 Å². The van der Waals surface area contributed by atoms with E-state index in [1.165, 1.54) is 13.8 Å². The fourth-order valence-electron chi connectivity index (χ4n) is 1.56. The van der Waals surface area contributed by atoms with Crippen LogP contribution in [0.1, 0.15) is 41.0 Å². The van der Waals surface area contributed by atoms with Gasteiger partial charge in [-0.3, -0.25) is 4.18 Å². The monoisotopic (exact) mass is 311 g/mol. The van der Waals surface area contributed by atoms with Crippen molar-refractivity contribution in [3.05, 3.63) is 12.2 Å². The van der Waals surface area contributed by atoms with E-state index >= 15 is 0 Å². The van der Waals surface area contributed by atoms with Crippen LogP contribution in [0.2, 0.25) is 0 Å². The first-order valence-electron chi connectivity index (χ1n) is 5.96. The summed E-state index contributed by atoms with van der Waals surface area (Å²) < 4.78 is 42.0. The van der Waals surface area contributed by atoms with E-state index in [9.17, 15) is 17.8 Å².